The van der Waals surface area contributed by atoms with Gasteiger partial charge in [-0.05, 0) is 25.0 Å². The third-order valence-corrected chi connectivity index (χ3v) is 2.89. The molecule has 1 unspecified atom stereocenters. The summed E-state index contributed by atoms with van der Waals surface area (Å²) in [6, 6.07) is 8.76. The van der Waals surface area contributed by atoms with Gasteiger partial charge < -0.3 is 9.47 Å². The second-order valence-electron chi connectivity index (χ2n) is 4.58. The van der Waals surface area contributed by atoms with E-state index in [9.17, 15) is 9.59 Å². The van der Waals surface area contributed by atoms with Crippen LogP contribution in [0.25, 0.3) is 0 Å². The molecule has 0 N–H and O–H groups in total. The van der Waals surface area contributed by atoms with Crippen molar-refractivity contribution >= 4 is 11.9 Å². The van der Waals surface area contributed by atoms with Gasteiger partial charge in [0.1, 0.15) is 6.10 Å². The van der Waals surface area contributed by atoms with Gasteiger partial charge in [-0.2, -0.15) is 0 Å². The van der Waals surface area contributed by atoms with Crippen molar-refractivity contribution in [2.45, 2.75) is 45.6 Å². The Labute approximate surface area is 120 Å². The first kappa shape index (κ1) is 16.2. The van der Waals surface area contributed by atoms with Crippen LogP contribution in [0.4, 0.5) is 0 Å². The van der Waals surface area contributed by atoms with Gasteiger partial charge in [-0.25, -0.2) is 4.79 Å². The fraction of sp³-hybridized carbons (Fsp3) is 0.500. The van der Waals surface area contributed by atoms with Gasteiger partial charge >= 0.3 is 11.9 Å². The van der Waals surface area contributed by atoms with Crippen molar-refractivity contribution in [1.82, 2.24) is 0 Å². The molecule has 4 nitrogen and oxygen atoms in total. The molecule has 0 bridgehead atoms. The minimum absolute atomic E-state index is 0.110. The fourth-order valence-corrected chi connectivity index (χ4v) is 1.64. The van der Waals surface area contributed by atoms with Crippen LogP contribution >= 0.6 is 0 Å². The molecule has 1 aromatic rings. The Bertz CT molecular complexity index is 414. The molecule has 110 valence electrons. The molecular formula is C16H22O4. The molecule has 0 saturated carbocycles. The zero-order chi connectivity index (χ0) is 14.8. The van der Waals surface area contributed by atoms with Gasteiger partial charge in [-0.3, -0.25) is 4.79 Å². The minimum Gasteiger partial charge on any atom is -0.466 e. The summed E-state index contributed by atoms with van der Waals surface area (Å²) in [6.07, 6.45) is 2.09. The van der Waals surface area contributed by atoms with Crippen molar-refractivity contribution in [1.29, 1.82) is 0 Å². The zero-order valence-electron chi connectivity index (χ0n) is 12.1. The van der Waals surface area contributed by atoms with Crippen LogP contribution in [0.2, 0.25) is 0 Å². The van der Waals surface area contributed by atoms with Crippen LogP contribution in [0.3, 0.4) is 0 Å². The number of carbonyl (C=O) groups is 2. The number of hydrogen-bond acceptors (Lipinski definition) is 4. The van der Waals surface area contributed by atoms with Crippen molar-refractivity contribution in [3.8, 4) is 0 Å². The molecule has 0 aromatic heterocycles. The highest BCUT2D eigenvalue weighted by atomic mass is 16.6. The van der Waals surface area contributed by atoms with Crippen molar-refractivity contribution in [3.05, 3.63) is 35.9 Å². The van der Waals surface area contributed by atoms with Crippen molar-refractivity contribution < 1.29 is 19.1 Å². The zero-order valence-corrected chi connectivity index (χ0v) is 12.1. The number of rotatable bonds is 8. The molecule has 1 atom stereocenters. The Balaban J connectivity index is 2.43. The molecule has 0 radical (unpaired) electrons. The van der Waals surface area contributed by atoms with Gasteiger partial charge in [0.2, 0.25) is 0 Å². The molecule has 0 spiro atoms. The van der Waals surface area contributed by atoms with Gasteiger partial charge in [0.15, 0.2) is 0 Å². The monoisotopic (exact) mass is 278 g/mol. The summed E-state index contributed by atoms with van der Waals surface area (Å²) >= 11 is 0. The molecule has 20 heavy (non-hydrogen) atoms. The summed E-state index contributed by atoms with van der Waals surface area (Å²) in [7, 11) is 0. The second kappa shape index (κ2) is 9.13. The standard InChI is InChI=1S/C16H22O4/c1-3-5-11-19-15(17)12-14(4-2)20-16(18)13-9-7-6-8-10-13/h6-10,14H,3-5,11-12H2,1-2H3. The normalized spacial score (nSPS) is 11.7. The predicted molar refractivity (Wildman–Crippen MR) is 76.4 cm³/mol. The fourth-order valence-electron chi connectivity index (χ4n) is 1.64. The molecule has 0 fully saturated rings. The minimum atomic E-state index is -0.433. The van der Waals surface area contributed by atoms with Crippen LogP contribution < -0.4 is 0 Å². The first-order valence-electron chi connectivity index (χ1n) is 7.09. The topological polar surface area (TPSA) is 52.6 Å². The van der Waals surface area contributed by atoms with Crippen LogP contribution in [-0.2, 0) is 14.3 Å². The van der Waals surface area contributed by atoms with Crippen LogP contribution in [0, 0.1) is 0 Å². The molecule has 0 amide bonds. The number of benzene rings is 1. The van der Waals surface area contributed by atoms with Gasteiger partial charge in [0, 0.05) is 0 Å². The van der Waals surface area contributed by atoms with E-state index in [2.05, 4.69) is 0 Å². The van der Waals surface area contributed by atoms with Gasteiger partial charge in [0.05, 0.1) is 18.6 Å². The lowest BCUT2D eigenvalue weighted by molar-refractivity contribution is -0.146. The Kier molecular flexibility index (Phi) is 7.40. The van der Waals surface area contributed by atoms with E-state index < -0.39 is 12.1 Å². The van der Waals surface area contributed by atoms with Crippen LogP contribution in [0.1, 0.15) is 49.9 Å². The van der Waals surface area contributed by atoms with E-state index in [0.29, 0.717) is 18.6 Å². The maximum Gasteiger partial charge on any atom is 0.338 e. The third kappa shape index (κ3) is 5.87. The SMILES string of the molecule is CCCCOC(=O)CC(CC)OC(=O)c1ccccc1. The van der Waals surface area contributed by atoms with E-state index in [1.807, 2.05) is 19.9 Å². The van der Waals surface area contributed by atoms with Gasteiger partial charge in [-0.15, -0.1) is 0 Å². The van der Waals surface area contributed by atoms with Crippen molar-refractivity contribution in [2.75, 3.05) is 6.61 Å². The molecule has 0 aliphatic carbocycles. The van der Waals surface area contributed by atoms with Gasteiger partial charge in [-0.1, -0.05) is 38.5 Å². The van der Waals surface area contributed by atoms with Crippen LogP contribution in [0.5, 0.6) is 0 Å². The van der Waals surface area contributed by atoms with E-state index >= 15 is 0 Å². The molecule has 0 aliphatic rings. The van der Waals surface area contributed by atoms with Crippen molar-refractivity contribution in [3.63, 3.8) is 0 Å². The highest BCUT2D eigenvalue weighted by Crippen LogP contribution is 2.10. The molecule has 0 heterocycles. The first-order chi connectivity index (χ1) is 9.67. The summed E-state index contributed by atoms with van der Waals surface area (Å²) < 4.78 is 10.4. The molecule has 1 rings (SSSR count). The average Bonchev–Trinajstić information content (AvgIpc) is 2.47. The summed E-state index contributed by atoms with van der Waals surface area (Å²) in [5.74, 6) is -0.718. The Hall–Kier alpha value is -1.84. The number of esters is 2. The van der Waals surface area contributed by atoms with E-state index in [4.69, 9.17) is 9.47 Å². The van der Waals surface area contributed by atoms with Crippen LogP contribution in [-0.4, -0.2) is 24.6 Å². The van der Waals surface area contributed by atoms with E-state index in [0.717, 1.165) is 12.8 Å². The molecule has 1 aromatic carbocycles. The lowest BCUT2D eigenvalue weighted by Gasteiger charge is -2.15. The number of ether oxygens (including phenoxy) is 2. The molecule has 0 saturated heterocycles. The van der Waals surface area contributed by atoms with Gasteiger partial charge in [0.25, 0.3) is 0 Å². The Morgan fingerprint density at radius 2 is 1.85 bits per heavy atom. The number of carbonyl (C=O) groups excluding carboxylic acids is 2. The molecule has 0 aliphatic heterocycles. The highest BCUT2D eigenvalue weighted by Gasteiger charge is 2.18. The highest BCUT2D eigenvalue weighted by molar-refractivity contribution is 5.89. The summed E-state index contributed by atoms with van der Waals surface area (Å²) in [6.45, 7) is 4.34. The molecule has 4 heteroatoms. The van der Waals surface area contributed by atoms with E-state index in [-0.39, 0.29) is 12.4 Å². The smallest absolute Gasteiger partial charge is 0.338 e. The lowest BCUT2D eigenvalue weighted by Crippen LogP contribution is -2.22. The number of unbranched alkanes of at least 4 members (excludes halogenated alkanes) is 1. The maximum atomic E-state index is 11.9. The Morgan fingerprint density at radius 1 is 1.15 bits per heavy atom. The quantitative estimate of drug-likeness (QED) is 0.540. The first-order valence-corrected chi connectivity index (χ1v) is 7.09. The largest absolute Gasteiger partial charge is 0.466 e. The second-order valence-corrected chi connectivity index (χ2v) is 4.58. The Morgan fingerprint density at radius 3 is 2.45 bits per heavy atom. The van der Waals surface area contributed by atoms with Crippen LogP contribution in [0.15, 0.2) is 30.3 Å². The summed E-state index contributed by atoms with van der Waals surface area (Å²) in [5, 5.41) is 0. The predicted octanol–water partition coefficient (Wildman–Crippen LogP) is 3.36. The van der Waals surface area contributed by atoms with E-state index in [1.54, 1.807) is 24.3 Å². The lowest BCUT2D eigenvalue weighted by atomic mass is 10.2. The summed E-state index contributed by atoms with van der Waals surface area (Å²) in [5.41, 5.74) is 0.491. The number of hydrogen-bond donors (Lipinski definition) is 0. The maximum absolute atomic E-state index is 11.9. The van der Waals surface area contributed by atoms with Crippen molar-refractivity contribution in [2.24, 2.45) is 0 Å². The third-order valence-electron chi connectivity index (χ3n) is 2.89. The van der Waals surface area contributed by atoms with E-state index in [1.165, 1.54) is 0 Å². The molecular weight excluding hydrogens is 256 g/mol. The summed E-state index contributed by atoms with van der Waals surface area (Å²) in [4.78, 5) is 23.5. The average molecular weight is 278 g/mol.